The summed E-state index contributed by atoms with van der Waals surface area (Å²) in [6.45, 7) is 6.97. The van der Waals surface area contributed by atoms with Crippen molar-refractivity contribution in [1.29, 1.82) is 0 Å². The number of aryl methyl sites for hydroxylation is 1. The van der Waals surface area contributed by atoms with Gasteiger partial charge in [0.1, 0.15) is 5.75 Å². The SMILES string of the molecule is CCNC1CCCc2ccc(OC(C)C(=O)OCC)cc21. The predicted molar refractivity (Wildman–Crippen MR) is 82.5 cm³/mol. The van der Waals surface area contributed by atoms with Crippen LogP contribution in [-0.4, -0.2) is 25.2 Å². The van der Waals surface area contributed by atoms with Gasteiger partial charge in [0.2, 0.25) is 0 Å². The van der Waals surface area contributed by atoms with Crippen LogP contribution in [0.3, 0.4) is 0 Å². The number of hydrogen-bond donors (Lipinski definition) is 1. The van der Waals surface area contributed by atoms with Gasteiger partial charge >= 0.3 is 5.97 Å². The van der Waals surface area contributed by atoms with Crippen molar-refractivity contribution in [1.82, 2.24) is 5.32 Å². The van der Waals surface area contributed by atoms with E-state index in [9.17, 15) is 4.79 Å². The van der Waals surface area contributed by atoms with Gasteiger partial charge in [-0.2, -0.15) is 0 Å². The molecule has 0 saturated heterocycles. The van der Waals surface area contributed by atoms with Crippen molar-refractivity contribution in [2.75, 3.05) is 13.2 Å². The van der Waals surface area contributed by atoms with Crippen LogP contribution < -0.4 is 10.1 Å². The molecule has 116 valence electrons. The molecule has 2 unspecified atom stereocenters. The average molecular weight is 291 g/mol. The Labute approximate surface area is 126 Å². The quantitative estimate of drug-likeness (QED) is 0.819. The molecular formula is C17H25NO3. The average Bonchev–Trinajstić information content (AvgIpc) is 2.48. The van der Waals surface area contributed by atoms with E-state index in [4.69, 9.17) is 9.47 Å². The summed E-state index contributed by atoms with van der Waals surface area (Å²) in [6, 6.07) is 6.52. The highest BCUT2D eigenvalue weighted by molar-refractivity contribution is 5.74. The van der Waals surface area contributed by atoms with Crippen molar-refractivity contribution in [2.24, 2.45) is 0 Å². The van der Waals surface area contributed by atoms with E-state index in [0.29, 0.717) is 12.6 Å². The first-order valence-corrected chi connectivity index (χ1v) is 7.85. The highest BCUT2D eigenvalue weighted by Crippen LogP contribution is 2.32. The first kappa shape index (κ1) is 15.8. The third-order valence-corrected chi connectivity index (χ3v) is 3.81. The van der Waals surface area contributed by atoms with E-state index in [0.717, 1.165) is 25.1 Å². The summed E-state index contributed by atoms with van der Waals surface area (Å²) in [5.74, 6) is 0.414. The Hall–Kier alpha value is -1.55. The summed E-state index contributed by atoms with van der Waals surface area (Å²) in [4.78, 5) is 11.6. The molecule has 0 amide bonds. The van der Waals surface area contributed by atoms with Crippen LogP contribution in [0, 0.1) is 0 Å². The van der Waals surface area contributed by atoms with Crippen LogP contribution >= 0.6 is 0 Å². The first-order valence-electron chi connectivity index (χ1n) is 7.85. The molecule has 21 heavy (non-hydrogen) atoms. The highest BCUT2D eigenvalue weighted by atomic mass is 16.6. The lowest BCUT2D eigenvalue weighted by Crippen LogP contribution is -2.27. The van der Waals surface area contributed by atoms with E-state index in [2.05, 4.69) is 24.4 Å². The number of carbonyl (C=O) groups is 1. The van der Waals surface area contributed by atoms with Gasteiger partial charge in [0, 0.05) is 6.04 Å². The summed E-state index contributed by atoms with van der Waals surface area (Å²) < 4.78 is 10.7. The molecule has 4 heteroatoms. The maximum atomic E-state index is 11.6. The fraction of sp³-hybridized carbons (Fsp3) is 0.588. The summed E-state index contributed by atoms with van der Waals surface area (Å²) in [5.41, 5.74) is 2.68. The number of benzene rings is 1. The summed E-state index contributed by atoms with van der Waals surface area (Å²) in [7, 11) is 0. The van der Waals surface area contributed by atoms with Gasteiger partial charge < -0.3 is 14.8 Å². The minimum absolute atomic E-state index is 0.321. The van der Waals surface area contributed by atoms with Crippen LogP contribution in [0.15, 0.2) is 18.2 Å². The molecule has 0 saturated carbocycles. The van der Waals surface area contributed by atoms with Gasteiger partial charge in [-0.05, 0) is 62.9 Å². The Morgan fingerprint density at radius 2 is 2.24 bits per heavy atom. The van der Waals surface area contributed by atoms with Crippen molar-refractivity contribution in [3.8, 4) is 5.75 Å². The molecule has 1 aromatic carbocycles. The fourth-order valence-corrected chi connectivity index (χ4v) is 2.82. The van der Waals surface area contributed by atoms with Gasteiger partial charge in [0.05, 0.1) is 6.61 Å². The van der Waals surface area contributed by atoms with Crippen molar-refractivity contribution < 1.29 is 14.3 Å². The molecule has 1 aromatic rings. The Balaban J connectivity index is 2.12. The van der Waals surface area contributed by atoms with Gasteiger partial charge in [-0.3, -0.25) is 0 Å². The first-order chi connectivity index (χ1) is 10.2. The van der Waals surface area contributed by atoms with Crippen LogP contribution in [0.4, 0.5) is 0 Å². The topological polar surface area (TPSA) is 47.6 Å². The molecule has 0 heterocycles. The largest absolute Gasteiger partial charge is 0.479 e. The van der Waals surface area contributed by atoms with Gasteiger partial charge in [-0.15, -0.1) is 0 Å². The lowest BCUT2D eigenvalue weighted by atomic mass is 9.87. The fourth-order valence-electron chi connectivity index (χ4n) is 2.82. The number of esters is 1. The molecule has 1 aliphatic rings. The molecule has 1 N–H and O–H groups in total. The maximum Gasteiger partial charge on any atom is 0.347 e. The number of carbonyl (C=O) groups excluding carboxylic acids is 1. The lowest BCUT2D eigenvalue weighted by Gasteiger charge is -2.27. The summed E-state index contributed by atoms with van der Waals surface area (Å²) >= 11 is 0. The second kappa shape index (κ2) is 7.46. The van der Waals surface area contributed by atoms with Gasteiger partial charge in [-0.25, -0.2) is 4.79 Å². The number of fused-ring (bicyclic) bond motifs is 1. The van der Waals surface area contributed by atoms with E-state index < -0.39 is 6.10 Å². The minimum Gasteiger partial charge on any atom is -0.479 e. The number of hydrogen-bond acceptors (Lipinski definition) is 4. The molecule has 0 aromatic heterocycles. The van der Waals surface area contributed by atoms with Crippen molar-refractivity contribution in [3.05, 3.63) is 29.3 Å². The number of rotatable bonds is 6. The molecule has 0 aliphatic heterocycles. The van der Waals surface area contributed by atoms with E-state index in [-0.39, 0.29) is 5.97 Å². The van der Waals surface area contributed by atoms with E-state index in [1.54, 1.807) is 13.8 Å². The van der Waals surface area contributed by atoms with Crippen LogP contribution in [0.2, 0.25) is 0 Å². The van der Waals surface area contributed by atoms with Gasteiger partial charge in [0.25, 0.3) is 0 Å². The van der Waals surface area contributed by atoms with E-state index in [1.807, 2.05) is 6.07 Å². The number of nitrogens with one attached hydrogen (secondary N) is 1. The van der Waals surface area contributed by atoms with Crippen molar-refractivity contribution in [2.45, 2.75) is 52.2 Å². The summed E-state index contributed by atoms with van der Waals surface area (Å²) in [5, 5.41) is 3.52. The maximum absolute atomic E-state index is 11.6. The smallest absolute Gasteiger partial charge is 0.347 e. The molecule has 2 rings (SSSR count). The summed E-state index contributed by atoms with van der Waals surface area (Å²) in [6.07, 6.45) is 2.90. The standard InChI is InChI=1S/C17H25NO3/c1-4-18-16-8-6-7-13-9-10-14(11-15(13)16)21-12(3)17(19)20-5-2/h9-12,16,18H,4-8H2,1-3H3. The predicted octanol–water partition coefficient (Wildman–Crippen LogP) is 3.00. The molecule has 0 radical (unpaired) electrons. The zero-order valence-electron chi connectivity index (χ0n) is 13.1. The van der Waals surface area contributed by atoms with Crippen LogP contribution in [0.5, 0.6) is 5.75 Å². The second-order valence-electron chi connectivity index (χ2n) is 5.38. The van der Waals surface area contributed by atoms with Crippen LogP contribution in [0.1, 0.15) is 50.8 Å². The molecule has 2 atom stereocenters. The Morgan fingerprint density at radius 1 is 1.43 bits per heavy atom. The zero-order chi connectivity index (χ0) is 15.2. The Bertz CT molecular complexity index is 487. The normalized spacial score (nSPS) is 18.7. The molecule has 4 nitrogen and oxygen atoms in total. The Morgan fingerprint density at radius 3 is 2.95 bits per heavy atom. The van der Waals surface area contributed by atoms with Gasteiger partial charge in [0.15, 0.2) is 6.10 Å². The van der Waals surface area contributed by atoms with Crippen molar-refractivity contribution >= 4 is 5.97 Å². The monoisotopic (exact) mass is 291 g/mol. The molecular weight excluding hydrogens is 266 g/mol. The van der Waals surface area contributed by atoms with Crippen LogP contribution in [-0.2, 0) is 16.0 Å². The minimum atomic E-state index is -0.579. The van der Waals surface area contributed by atoms with Crippen LogP contribution in [0.25, 0.3) is 0 Å². The molecule has 0 spiro atoms. The molecule has 1 aliphatic carbocycles. The number of ether oxygens (including phenoxy) is 2. The van der Waals surface area contributed by atoms with E-state index in [1.165, 1.54) is 17.5 Å². The lowest BCUT2D eigenvalue weighted by molar-refractivity contribution is -0.150. The van der Waals surface area contributed by atoms with Crippen molar-refractivity contribution in [3.63, 3.8) is 0 Å². The van der Waals surface area contributed by atoms with Gasteiger partial charge in [-0.1, -0.05) is 13.0 Å². The second-order valence-corrected chi connectivity index (χ2v) is 5.38. The Kier molecular flexibility index (Phi) is 5.62. The third-order valence-electron chi connectivity index (χ3n) is 3.81. The zero-order valence-corrected chi connectivity index (χ0v) is 13.1. The molecule has 0 bridgehead atoms. The highest BCUT2D eigenvalue weighted by Gasteiger charge is 2.21. The van der Waals surface area contributed by atoms with E-state index >= 15 is 0 Å². The third kappa shape index (κ3) is 3.97. The molecule has 0 fully saturated rings.